The van der Waals surface area contributed by atoms with Crippen LogP contribution in [0.15, 0.2) is 41.6 Å². The minimum Gasteiger partial charge on any atom is -0.372 e. The van der Waals surface area contributed by atoms with Crippen LogP contribution >= 0.6 is 0 Å². The molecule has 1 heterocycles. The van der Waals surface area contributed by atoms with Crippen LogP contribution in [0.2, 0.25) is 0 Å². The zero-order valence-corrected chi connectivity index (χ0v) is 18.8. The van der Waals surface area contributed by atoms with Crippen molar-refractivity contribution in [2.24, 2.45) is 10.8 Å². The number of amides is 1. The number of nitrogens with one attached hydrogen (secondary N) is 3. The van der Waals surface area contributed by atoms with Gasteiger partial charge in [0.2, 0.25) is 0 Å². The number of halogens is 1. The highest BCUT2D eigenvalue weighted by atomic mass is 19.1. The summed E-state index contributed by atoms with van der Waals surface area (Å²) in [5.41, 5.74) is 10.9. The average molecular weight is 446 g/mol. The summed E-state index contributed by atoms with van der Waals surface area (Å²) in [5, 5.41) is 23.9. The summed E-state index contributed by atoms with van der Waals surface area (Å²) < 4.78 is 13.0. The van der Waals surface area contributed by atoms with Crippen LogP contribution in [0.5, 0.6) is 0 Å². The van der Waals surface area contributed by atoms with E-state index in [1.807, 2.05) is 26.8 Å². The quantitative estimate of drug-likeness (QED) is 0.216. The van der Waals surface area contributed by atoms with E-state index >= 15 is 0 Å². The molecule has 0 aliphatic carbocycles. The number of anilines is 1. The van der Waals surface area contributed by atoms with Gasteiger partial charge in [-0.2, -0.15) is 5.10 Å². The molecule has 10 heteroatoms. The van der Waals surface area contributed by atoms with Crippen molar-refractivity contribution >= 4 is 24.0 Å². The molecule has 2 rings (SSSR count). The summed E-state index contributed by atoms with van der Waals surface area (Å²) in [5.74, 6) is -0.795. The summed E-state index contributed by atoms with van der Waals surface area (Å²) in [6.07, 6.45) is 2.00. The fourth-order valence-corrected chi connectivity index (χ4v) is 2.65. The van der Waals surface area contributed by atoms with E-state index in [0.29, 0.717) is 17.7 Å². The number of carbonyl (C=O) groups excluding carboxylic acids is 1. The van der Waals surface area contributed by atoms with Crippen LogP contribution < -0.4 is 16.5 Å². The molecule has 32 heavy (non-hydrogen) atoms. The van der Waals surface area contributed by atoms with Crippen molar-refractivity contribution in [2.75, 3.05) is 19.0 Å². The van der Waals surface area contributed by atoms with Gasteiger partial charge < -0.3 is 21.6 Å². The lowest BCUT2D eigenvalue weighted by molar-refractivity contribution is -0.0117. The third-order valence-electron chi connectivity index (χ3n) is 4.40. The Kier molecular flexibility index (Phi) is 11.7. The molecule has 0 bridgehead atoms. The molecule has 2 unspecified atom stereocenters. The Morgan fingerprint density at radius 3 is 2.72 bits per heavy atom. The molecule has 0 spiro atoms. The maximum atomic E-state index is 13.0. The van der Waals surface area contributed by atoms with Crippen LogP contribution in [0.3, 0.4) is 0 Å². The lowest BCUT2D eigenvalue weighted by atomic mass is 10.1. The fraction of sp³-hybridized carbons (Fsp3) is 0.364. The van der Waals surface area contributed by atoms with Gasteiger partial charge in [-0.25, -0.2) is 4.39 Å². The number of aromatic nitrogens is 1. The molecule has 1 amide bonds. The highest BCUT2D eigenvalue weighted by Crippen LogP contribution is 2.18. The largest absolute Gasteiger partial charge is 0.372 e. The van der Waals surface area contributed by atoms with Crippen LogP contribution in [-0.4, -0.2) is 53.1 Å². The summed E-state index contributed by atoms with van der Waals surface area (Å²) in [4.78, 5) is 17.9. The fourth-order valence-electron chi connectivity index (χ4n) is 2.65. The normalized spacial score (nSPS) is 12.6. The van der Waals surface area contributed by atoms with Crippen LogP contribution in [0.1, 0.15) is 48.1 Å². The molecule has 1 aromatic heterocycles. The van der Waals surface area contributed by atoms with Crippen LogP contribution in [0, 0.1) is 18.2 Å². The number of hydrogen-bond donors (Lipinski definition) is 5. The summed E-state index contributed by atoms with van der Waals surface area (Å²) in [6, 6.07) is 7.91. The number of nitrogens with zero attached hydrogens (tertiary/aromatic N) is 3. The molecule has 0 aliphatic rings. The molecular weight excluding hydrogens is 413 g/mol. The third kappa shape index (κ3) is 8.14. The zero-order chi connectivity index (χ0) is 24.1. The number of aliphatic hydroxyl groups excluding tert-OH is 1. The van der Waals surface area contributed by atoms with E-state index in [1.54, 1.807) is 19.2 Å². The van der Waals surface area contributed by atoms with Gasteiger partial charge in [0.15, 0.2) is 6.23 Å². The molecular formula is C22H32FN7O2. The third-order valence-corrected chi connectivity index (χ3v) is 4.40. The zero-order valence-electron chi connectivity index (χ0n) is 18.8. The van der Waals surface area contributed by atoms with E-state index in [0.717, 1.165) is 18.0 Å². The van der Waals surface area contributed by atoms with Gasteiger partial charge in [0, 0.05) is 12.8 Å². The summed E-state index contributed by atoms with van der Waals surface area (Å²) >= 11 is 0. The number of hydrazone groups is 1. The SMILES string of the molecule is CC.Cc1ccc(N/N=C\C=N)c(C(=O)NCCC(N)N(C)C(O)c2ccc(F)cn2)c1. The van der Waals surface area contributed by atoms with E-state index in [9.17, 15) is 14.3 Å². The van der Waals surface area contributed by atoms with Crippen molar-refractivity contribution in [3.8, 4) is 0 Å². The smallest absolute Gasteiger partial charge is 0.253 e. The molecule has 174 valence electrons. The number of carbonyl (C=O) groups is 1. The van der Waals surface area contributed by atoms with E-state index in [4.69, 9.17) is 11.1 Å². The molecule has 0 radical (unpaired) electrons. The Hall–Kier alpha value is -3.21. The Morgan fingerprint density at radius 1 is 1.38 bits per heavy atom. The van der Waals surface area contributed by atoms with Crippen molar-refractivity contribution < 1.29 is 14.3 Å². The van der Waals surface area contributed by atoms with Gasteiger partial charge in [0.1, 0.15) is 5.82 Å². The first-order valence-electron chi connectivity index (χ1n) is 10.3. The van der Waals surface area contributed by atoms with Crippen molar-refractivity contribution in [3.05, 3.63) is 59.2 Å². The molecule has 0 saturated carbocycles. The molecule has 2 atom stereocenters. The van der Waals surface area contributed by atoms with Gasteiger partial charge in [-0.15, -0.1) is 0 Å². The van der Waals surface area contributed by atoms with Gasteiger partial charge >= 0.3 is 0 Å². The predicted molar refractivity (Wildman–Crippen MR) is 125 cm³/mol. The Balaban J connectivity index is 0.00000249. The van der Waals surface area contributed by atoms with Gasteiger partial charge in [0.05, 0.1) is 35.5 Å². The first-order valence-corrected chi connectivity index (χ1v) is 10.3. The summed E-state index contributed by atoms with van der Waals surface area (Å²) in [6.45, 7) is 6.14. The maximum Gasteiger partial charge on any atom is 0.253 e. The topological polar surface area (TPSA) is 140 Å². The molecule has 9 nitrogen and oxygen atoms in total. The van der Waals surface area contributed by atoms with Crippen LogP contribution in [-0.2, 0) is 0 Å². The van der Waals surface area contributed by atoms with E-state index < -0.39 is 18.2 Å². The molecule has 6 N–H and O–H groups in total. The lowest BCUT2D eigenvalue weighted by Gasteiger charge is -2.29. The second kappa shape index (κ2) is 14.0. The molecule has 0 fully saturated rings. The molecule has 1 aromatic carbocycles. The van der Waals surface area contributed by atoms with Gasteiger partial charge in [-0.1, -0.05) is 25.5 Å². The van der Waals surface area contributed by atoms with E-state index in [1.165, 1.54) is 23.2 Å². The van der Waals surface area contributed by atoms with E-state index in [2.05, 4.69) is 20.8 Å². The van der Waals surface area contributed by atoms with Crippen molar-refractivity contribution in [1.82, 2.24) is 15.2 Å². The van der Waals surface area contributed by atoms with Crippen LogP contribution in [0.25, 0.3) is 0 Å². The van der Waals surface area contributed by atoms with Crippen molar-refractivity contribution in [2.45, 2.75) is 39.6 Å². The maximum absolute atomic E-state index is 13.0. The molecule has 0 saturated heterocycles. The Labute approximate surface area is 188 Å². The van der Waals surface area contributed by atoms with Crippen LogP contribution in [0.4, 0.5) is 10.1 Å². The Morgan fingerprint density at radius 2 is 2.09 bits per heavy atom. The highest BCUT2D eigenvalue weighted by molar-refractivity contribution is 6.14. The standard InChI is InChI=1S/C20H26FN7O2.C2H6/c1-13-3-5-16(27-26-10-8-22)15(11-13)19(29)24-9-7-18(23)28(2)20(30)17-6-4-14(21)12-25-17;1-2/h3-6,8,10-12,18,20,22,27,30H,7,9,23H2,1-2H3,(H,24,29);1-2H3/b22-8?,26-10-;. The monoisotopic (exact) mass is 445 g/mol. The number of aryl methyl sites for hydroxylation is 1. The number of hydrogen-bond acceptors (Lipinski definition) is 8. The first kappa shape index (κ1) is 26.8. The van der Waals surface area contributed by atoms with Crippen molar-refractivity contribution in [3.63, 3.8) is 0 Å². The number of rotatable bonds is 10. The second-order valence-corrected chi connectivity index (χ2v) is 6.66. The molecule has 0 aliphatic heterocycles. The minimum atomic E-state index is -1.10. The number of benzene rings is 1. The molecule has 2 aromatic rings. The van der Waals surface area contributed by atoms with E-state index in [-0.39, 0.29) is 18.1 Å². The summed E-state index contributed by atoms with van der Waals surface area (Å²) in [7, 11) is 1.62. The predicted octanol–water partition coefficient (Wildman–Crippen LogP) is 2.63. The average Bonchev–Trinajstić information content (AvgIpc) is 2.80. The van der Waals surface area contributed by atoms with Gasteiger partial charge in [-0.05, 0) is 44.7 Å². The number of nitrogens with two attached hydrogens (primary N) is 1. The Bertz CT molecular complexity index is 890. The van der Waals surface area contributed by atoms with Gasteiger partial charge in [0.25, 0.3) is 5.91 Å². The first-order chi connectivity index (χ1) is 15.3. The van der Waals surface area contributed by atoms with Crippen molar-refractivity contribution in [1.29, 1.82) is 5.41 Å². The number of aliphatic hydroxyl groups is 1. The van der Waals surface area contributed by atoms with Gasteiger partial charge in [-0.3, -0.25) is 20.1 Å². The second-order valence-electron chi connectivity index (χ2n) is 6.66. The lowest BCUT2D eigenvalue weighted by Crippen LogP contribution is -2.44. The highest BCUT2D eigenvalue weighted by Gasteiger charge is 2.21. The number of pyridine rings is 1. The minimum absolute atomic E-state index is 0.269.